The van der Waals surface area contributed by atoms with Crippen molar-refractivity contribution in [3.05, 3.63) is 17.7 Å². The van der Waals surface area contributed by atoms with Gasteiger partial charge in [0.25, 0.3) is 6.20 Å². The Kier molecular flexibility index (Phi) is 1.95. The van der Waals surface area contributed by atoms with Crippen LogP contribution in [-0.4, -0.2) is 0 Å². The van der Waals surface area contributed by atoms with Crippen LogP contribution in [-0.2, 0) is 0 Å². The van der Waals surface area contributed by atoms with E-state index < -0.39 is 0 Å². The Hall–Kier alpha value is -0.660. The summed E-state index contributed by atoms with van der Waals surface area (Å²) in [6, 6.07) is 0. The maximum atomic E-state index is 8.81. The first-order valence-electron chi connectivity index (χ1n) is 0.849. The smallest absolute Gasteiger partial charge is 0.0217 e. The summed E-state index contributed by atoms with van der Waals surface area (Å²) in [6.07, 6.45) is 0.944. The Bertz CT molecular complexity index is 27.0. The van der Waals surface area contributed by atoms with Gasteiger partial charge in [0.15, 0.2) is 0 Å². The van der Waals surface area contributed by atoms with E-state index in [9.17, 15) is 0 Å². The molecule has 0 aromatic rings. The van der Waals surface area contributed by atoms with Crippen LogP contribution in [0.15, 0.2) is 12.8 Å². The highest BCUT2D eigenvalue weighted by molar-refractivity contribution is 4.52. The van der Waals surface area contributed by atoms with E-state index in [2.05, 4.69) is 11.8 Å². The lowest BCUT2D eigenvalue weighted by atomic mass is 11.1. The molecule has 2 nitrogen and oxygen atoms in total. The van der Waals surface area contributed by atoms with Gasteiger partial charge in [0.1, 0.15) is 4.91 Å². The average molecular weight is 57.1 g/mol. The summed E-state index contributed by atoms with van der Waals surface area (Å²) in [5.41, 5.74) is 0. The summed E-state index contributed by atoms with van der Waals surface area (Å²) < 4.78 is 0. The van der Waals surface area contributed by atoms with Crippen LogP contribution < -0.4 is 5.18 Å². The molecule has 0 aliphatic rings. The maximum absolute atomic E-state index is 8.81. The van der Waals surface area contributed by atoms with Gasteiger partial charge < -0.3 is 0 Å². The zero-order valence-electron chi connectivity index (χ0n) is 2.14. The van der Waals surface area contributed by atoms with E-state index in [1.54, 1.807) is 0 Å². The van der Waals surface area contributed by atoms with Crippen molar-refractivity contribution in [2.45, 2.75) is 0 Å². The molecule has 0 heterocycles. The molecular formula is C2H3NO+. The minimum absolute atomic E-state index is 0.944. The first-order valence-corrected chi connectivity index (χ1v) is 0.849. The summed E-state index contributed by atoms with van der Waals surface area (Å²) in [6.45, 7) is 3.00. The number of hydrogen-bond acceptors (Lipinski definition) is 2. The third kappa shape index (κ3) is 1.34. The molecule has 0 bridgehead atoms. The maximum Gasteiger partial charge on any atom is 0.344 e. The minimum atomic E-state index is 0.944. The first kappa shape index (κ1) is 3.34. The molecule has 0 aromatic heterocycles. The van der Waals surface area contributed by atoms with Gasteiger partial charge in [0, 0.05) is 0 Å². The number of nitroso groups, excluding NO2 is 1. The van der Waals surface area contributed by atoms with E-state index in [0.717, 1.165) is 6.20 Å². The van der Waals surface area contributed by atoms with Crippen LogP contribution in [0.2, 0.25) is 0 Å². The third-order valence-corrected chi connectivity index (χ3v) is 0.0745. The summed E-state index contributed by atoms with van der Waals surface area (Å²) in [5, 5.41) is 2.25. The monoisotopic (exact) mass is 57.0 g/mol. The van der Waals surface area contributed by atoms with E-state index in [-0.39, 0.29) is 0 Å². The van der Waals surface area contributed by atoms with Gasteiger partial charge in [0.2, 0.25) is 0 Å². The quantitative estimate of drug-likeness (QED) is 0.424. The molecular weight excluding hydrogens is 54.0 g/mol. The molecule has 0 atom stereocenters. The Morgan fingerprint density at radius 2 is 2.25 bits per heavy atom. The lowest BCUT2D eigenvalue weighted by Gasteiger charge is -1.11. The zero-order valence-corrected chi connectivity index (χ0v) is 2.14. The molecule has 0 aliphatic carbocycles. The van der Waals surface area contributed by atoms with Gasteiger partial charge in [-0.25, -0.2) is 0 Å². The second-order valence-corrected chi connectivity index (χ2v) is 0.288. The molecule has 2 heteroatoms. The molecule has 0 spiro atoms. The molecule has 0 saturated heterocycles. The Morgan fingerprint density at radius 3 is 2.25 bits per heavy atom. The van der Waals surface area contributed by atoms with Crippen molar-refractivity contribution < 1.29 is 0 Å². The molecule has 0 N–H and O–H groups in total. The molecule has 4 heavy (non-hydrogen) atoms. The Morgan fingerprint density at radius 1 is 2.00 bits per heavy atom. The molecule has 0 saturated carbocycles. The fourth-order valence-electron chi connectivity index (χ4n) is 0. The predicted molar refractivity (Wildman–Crippen MR) is 15.7 cm³/mol. The molecule has 21 valence electrons. The fourth-order valence-corrected chi connectivity index (χ4v) is 0. The van der Waals surface area contributed by atoms with Crippen molar-refractivity contribution in [1.29, 1.82) is 0 Å². The van der Waals surface area contributed by atoms with E-state index in [1.165, 1.54) is 0 Å². The van der Waals surface area contributed by atoms with Gasteiger partial charge in [-0.05, 0) is 6.58 Å². The highest BCUT2D eigenvalue weighted by Crippen LogP contribution is 1.31. The van der Waals surface area contributed by atoms with Gasteiger partial charge >= 0.3 is 5.18 Å². The van der Waals surface area contributed by atoms with Crippen LogP contribution in [0.4, 0.5) is 0 Å². The largest absolute Gasteiger partial charge is 0.344 e. The molecule has 0 fully saturated rings. The summed E-state index contributed by atoms with van der Waals surface area (Å²) in [5.74, 6) is 0. The normalized spacial score (nSPS) is 5.00. The second-order valence-electron chi connectivity index (χ2n) is 0.288. The van der Waals surface area contributed by atoms with Crippen molar-refractivity contribution in [1.82, 2.24) is 5.18 Å². The van der Waals surface area contributed by atoms with Gasteiger partial charge in [-0.3, -0.25) is 0 Å². The minimum Gasteiger partial charge on any atom is -0.0217 e. The number of rotatable bonds is 1. The molecule has 0 unspecified atom stereocenters. The van der Waals surface area contributed by atoms with Crippen LogP contribution >= 0.6 is 0 Å². The van der Waals surface area contributed by atoms with Crippen LogP contribution in [0, 0.1) is 4.91 Å². The van der Waals surface area contributed by atoms with Gasteiger partial charge in [-0.1, -0.05) is 0 Å². The standard InChI is InChI=1S/C2H3NO/c1-2-3-4/h2H,1H2/q+1. The molecule has 0 aromatic carbocycles. The highest BCUT2D eigenvalue weighted by Gasteiger charge is 1.64. The van der Waals surface area contributed by atoms with Gasteiger partial charge in [0.05, 0.1) is 0 Å². The lowest BCUT2D eigenvalue weighted by Crippen LogP contribution is -1.52. The SMILES string of the molecule is C=C[N+]=O. The van der Waals surface area contributed by atoms with Crippen molar-refractivity contribution in [2.24, 2.45) is 0 Å². The van der Waals surface area contributed by atoms with Crippen LogP contribution in [0.1, 0.15) is 0 Å². The molecule has 0 amide bonds. The van der Waals surface area contributed by atoms with Crippen molar-refractivity contribution in [3.8, 4) is 0 Å². The summed E-state index contributed by atoms with van der Waals surface area (Å²) >= 11 is 0. The molecule has 1 radical (unpaired) electrons. The Labute approximate surface area is 24.1 Å². The lowest BCUT2D eigenvalue weighted by molar-refractivity contribution is 1.36. The molecule has 0 aliphatic heterocycles. The Balaban J connectivity index is 2.73. The van der Waals surface area contributed by atoms with Crippen molar-refractivity contribution >= 4 is 0 Å². The third-order valence-electron chi connectivity index (χ3n) is 0.0745. The van der Waals surface area contributed by atoms with E-state index in [0.29, 0.717) is 0 Å². The number of hydrogen-bond donors (Lipinski definition) is 0. The predicted octanol–water partition coefficient (Wildman–Crippen LogP) is 0.232. The molecule has 0 rings (SSSR count). The van der Waals surface area contributed by atoms with E-state index >= 15 is 0 Å². The van der Waals surface area contributed by atoms with Gasteiger partial charge in [-0.2, -0.15) is 0 Å². The summed E-state index contributed by atoms with van der Waals surface area (Å²) in [4.78, 5) is 8.81. The van der Waals surface area contributed by atoms with Crippen LogP contribution in [0.5, 0.6) is 0 Å². The summed E-state index contributed by atoms with van der Waals surface area (Å²) in [7, 11) is 0. The van der Waals surface area contributed by atoms with E-state index in [4.69, 9.17) is 4.91 Å². The fraction of sp³-hybridized carbons (Fsp3) is 0. The topological polar surface area (TPSA) is 31.2 Å². The van der Waals surface area contributed by atoms with Crippen LogP contribution in [0.25, 0.3) is 0 Å². The first-order chi connectivity index (χ1) is 1.91. The highest BCUT2D eigenvalue weighted by atomic mass is 16.2. The number of nitrogens with zero attached hydrogens (tertiary/aromatic N) is 1. The van der Waals surface area contributed by atoms with Crippen molar-refractivity contribution in [3.63, 3.8) is 0 Å². The van der Waals surface area contributed by atoms with Crippen molar-refractivity contribution in [2.75, 3.05) is 0 Å². The van der Waals surface area contributed by atoms with E-state index in [1.807, 2.05) is 0 Å². The second kappa shape index (κ2) is 2.34. The van der Waals surface area contributed by atoms with Gasteiger partial charge in [-0.15, -0.1) is 0 Å². The zero-order chi connectivity index (χ0) is 3.41. The average Bonchev–Trinajstić information content (AvgIpc) is 1.37. The van der Waals surface area contributed by atoms with Crippen LogP contribution in [0.3, 0.4) is 0 Å².